The third-order valence-corrected chi connectivity index (χ3v) is 11.6. The highest BCUT2D eigenvalue weighted by Crippen LogP contribution is 2.51. The Bertz CT molecular complexity index is 3430. The van der Waals surface area contributed by atoms with Gasteiger partial charge >= 0.3 is 0 Å². The molecule has 1 aliphatic heterocycles. The van der Waals surface area contributed by atoms with Gasteiger partial charge < -0.3 is 9.64 Å². The number of rotatable bonds is 5. The van der Waals surface area contributed by atoms with Crippen molar-refractivity contribution in [1.82, 2.24) is 14.5 Å². The smallest absolute Gasteiger partial charge is 0.235 e. The molecule has 3 heterocycles. The highest BCUT2D eigenvalue weighted by molar-refractivity contribution is 6.22. The van der Waals surface area contributed by atoms with Gasteiger partial charge in [0.1, 0.15) is 0 Å². The maximum atomic E-state index is 6.49. The fourth-order valence-electron chi connectivity index (χ4n) is 8.84. The molecule has 59 heavy (non-hydrogen) atoms. The molecule has 1 aliphatic rings. The third-order valence-electron chi connectivity index (χ3n) is 11.6. The first-order chi connectivity index (χ1) is 29.2. The summed E-state index contributed by atoms with van der Waals surface area (Å²) in [6, 6.07) is 72.6. The number of anilines is 3. The van der Waals surface area contributed by atoms with Crippen molar-refractivity contribution < 1.29 is 4.74 Å². The molecule has 12 rings (SSSR count). The van der Waals surface area contributed by atoms with E-state index in [9.17, 15) is 0 Å². The molecule has 5 heteroatoms. The molecule has 0 saturated heterocycles. The average Bonchev–Trinajstić information content (AvgIpc) is 3.65. The minimum Gasteiger partial charge on any atom is -0.453 e. The Kier molecular flexibility index (Phi) is 7.47. The van der Waals surface area contributed by atoms with E-state index in [4.69, 9.17) is 14.7 Å². The van der Waals surface area contributed by atoms with Gasteiger partial charge in [-0.2, -0.15) is 0 Å². The van der Waals surface area contributed by atoms with Crippen LogP contribution in [0.2, 0.25) is 0 Å². The summed E-state index contributed by atoms with van der Waals surface area (Å²) < 4.78 is 8.73. The van der Waals surface area contributed by atoms with Crippen molar-refractivity contribution in [3.05, 3.63) is 206 Å². The second-order valence-corrected chi connectivity index (χ2v) is 15.0. The van der Waals surface area contributed by atoms with E-state index in [1.165, 1.54) is 21.7 Å². The van der Waals surface area contributed by atoms with E-state index in [0.717, 1.165) is 83.8 Å². The molecule has 0 N–H and O–H groups in total. The topological polar surface area (TPSA) is 43.2 Å². The van der Waals surface area contributed by atoms with Crippen LogP contribution in [-0.2, 0) is 0 Å². The van der Waals surface area contributed by atoms with Gasteiger partial charge in [-0.15, -0.1) is 0 Å². The molecule has 0 spiro atoms. The Morgan fingerprint density at radius 1 is 0.390 bits per heavy atom. The van der Waals surface area contributed by atoms with Crippen molar-refractivity contribution in [2.24, 2.45) is 0 Å². The fourth-order valence-corrected chi connectivity index (χ4v) is 8.84. The number of fused-ring (bicyclic) bond motifs is 8. The molecule has 5 nitrogen and oxygen atoms in total. The highest BCUT2D eigenvalue weighted by atomic mass is 16.5. The molecular weight excluding hydrogens is 721 g/mol. The standard InChI is InChI=1S/C54H34N4O/c1-3-14-35(15-4-1)37-17-13-18-40(32-37)53-43-22-9-10-23-45(43)55-54(56-53)58-46-29-27-38(33-44(46)52-42-21-8-7-16-36(42)26-30-48(52)58)39-28-31-51-49(34-39)57(41-19-5-2-6-20-41)47-24-11-12-25-50(47)59-51/h1-34H. The summed E-state index contributed by atoms with van der Waals surface area (Å²) in [4.78, 5) is 13.0. The monoisotopic (exact) mass is 754 g/mol. The van der Waals surface area contributed by atoms with E-state index >= 15 is 0 Å². The van der Waals surface area contributed by atoms with E-state index < -0.39 is 0 Å². The molecule has 2 aromatic heterocycles. The fraction of sp³-hybridized carbons (Fsp3) is 0. The van der Waals surface area contributed by atoms with E-state index in [0.29, 0.717) is 5.95 Å². The number of hydrogen-bond donors (Lipinski definition) is 0. The van der Waals surface area contributed by atoms with Crippen molar-refractivity contribution in [3.63, 3.8) is 0 Å². The van der Waals surface area contributed by atoms with Gasteiger partial charge in [0, 0.05) is 27.4 Å². The molecule has 276 valence electrons. The third kappa shape index (κ3) is 5.40. The van der Waals surface area contributed by atoms with Crippen LogP contribution in [0.3, 0.4) is 0 Å². The zero-order valence-corrected chi connectivity index (χ0v) is 31.8. The second kappa shape index (κ2) is 13.3. The molecule has 0 atom stereocenters. The lowest BCUT2D eigenvalue weighted by Crippen LogP contribution is -2.15. The molecule has 9 aromatic carbocycles. The summed E-state index contributed by atoms with van der Waals surface area (Å²) in [5.74, 6) is 2.29. The first-order valence-corrected chi connectivity index (χ1v) is 19.9. The lowest BCUT2D eigenvalue weighted by atomic mass is 9.99. The van der Waals surface area contributed by atoms with E-state index in [1.807, 2.05) is 12.1 Å². The lowest BCUT2D eigenvalue weighted by molar-refractivity contribution is 0.477. The Hall–Kier alpha value is -8.02. The molecule has 0 saturated carbocycles. The zero-order valence-electron chi connectivity index (χ0n) is 31.8. The Morgan fingerprint density at radius 3 is 1.95 bits per heavy atom. The SMILES string of the molecule is c1ccc(-c2cccc(-c3nc(-n4c5ccc(-c6ccc7c(c6)N(c6ccccc6)c6ccccc6O7)cc5c5c6ccccc6ccc54)nc4ccccc34)c2)cc1. The number of benzene rings is 9. The van der Waals surface area contributed by atoms with Crippen LogP contribution >= 0.6 is 0 Å². The van der Waals surface area contributed by atoms with Gasteiger partial charge in [-0.1, -0.05) is 140 Å². The van der Waals surface area contributed by atoms with Crippen molar-refractivity contribution in [3.8, 4) is 51.0 Å². The Balaban J connectivity index is 1.07. The van der Waals surface area contributed by atoms with Gasteiger partial charge in [-0.05, 0) is 99.8 Å². The highest BCUT2D eigenvalue weighted by Gasteiger charge is 2.26. The first kappa shape index (κ1) is 33.2. The Labute approximate surface area is 340 Å². The molecular formula is C54H34N4O. The minimum absolute atomic E-state index is 0.634. The molecule has 0 aliphatic carbocycles. The minimum atomic E-state index is 0.634. The van der Waals surface area contributed by atoms with Crippen molar-refractivity contribution in [1.29, 1.82) is 0 Å². The number of aromatic nitrogens is 3. The summed E-state index contributed by atoms with van der Waals surface area (Å²) in [6.45, 7) is 0. The van der Waals surface area contributed by atoms with Gasteiger partial charge in [-0.25, -0.2) is 9.97 Å². The second-order valence-electron chi connectivity index (χ2n) is 15.0. The lowest BCUT2D eigenvalue weighted by Gasteiger charge is -2.33. The van der Waals surface area contributed by atoms with Crippen molar-refractivity contribution in [2.75, 3.05) is 4.90 Å². The van der Waals surface area contributed by atoms with E-state index in [2.05, 4.69) is 204 Å². The van der Waals surface area contributed by atoms with Crippen LogP contribution in [-0.4, -0.2) is 14.5 Å². The quantitative estimate of drug-likeness (QED) is 0.175. The number of hydrogen-bond acceptors (Lipinski definition) is 4. The van der Waals surface area contributed by atoms with Crippen LogP contribution in [0, 0.1) is 0 Å². The number of nitrogens with zero attached hydrogens (tertiary/aromatic N) is 4. The molecule has 0 amide bonds. The van der Waals surface area contributed by atoms with Gasteiger partial charge in [-0.3, -0.25) is 4.57 Å². The maximum absolute atomic E-state index is 6.49. The summed E-state index contributed by atoms with van der Waals surface area (Å²) in [7, 11) is 0. The van der Waals surface area contributed by atoms with Crippen LogP contribution in [0.25, 0.3) is 82.9 Å². The summed E-state index contributed by atoms with van der Waals surface area (Å²) >= 11 is 0. The van der Waals surface area contributed by atoms with Crippen molar-refractivity contribution >= 4 is 60.5 Å². The van der Waals surface area contributed by atoms with E-state index in [1.54, 1.807) is 0 Å². The first-order valence-electron chi connectivity index (χ1n) is 19.9. The van der Waals surface area contributed by atoms with Crippen LogP contribution in [0.15, 0.2) is 206 Å². The maximum Gasteiger partial charge on any atom is 0.235 e. The number of ether oxygens (including phenoxy) is 1. The summed E-state index contributed by atoms with van der Waals surface area (Å²) in [5.41, 5.74) is 12.5. The molecule has 0 unspecified atom stereocenters. The average molecular weight is 755 g/mol. The van der Waals surface area contributed by atoms with Gasteiger partial charge in [0.05, 0.1) is 33.6 Å². The van der Waals surface area contributed by atoms with E-state index in [-0.39, 0.29) is 0 Å². The number of para-hydroxylation sites is 4. The zero-order chi connectivity index (χ0) is 38.9. The van der Waals surface area contributed by atoms with Crippen LogP contribution < -0.4 is 9.64 Å². The predicted octanol–water partition coefficient (Wildman–Crippen LogP) is 14.5. The largest absolute Gasteiger partial charge is 0.453 e. The molecule has 0 fully saturated rings. The van der Waals surface area contributed by atoms with Gasteiger partial charge in [0.25, 0.3) is 0 Å². The molecule has 0 bridgehead atoms. The van der Waals surface area contributed by atoms with Crippen LogP contribution in [0.1, 0.15) is 0 Å². The normalized spacial score (nSPS) is 12.2. The summed E-state index contributed by atoms with van der Waals surface area (Å²) in [6.07, 6.45) is 0. The van der Waals surface area contributed by atoms with Gasteiger partial charge in [0.2, 0.25) is 5.95 Å². The Morgan fingerprint density at radius 2 is 1.05 bits per heavy atom. The van der Waals surface area contributed by atoms with Crippen molar-refractivity contribution in [2.45, 2.75) is 0 Å². The van der Waals surface area contributed by atoms with Gasteiger partial charge in [0.15, 0.2) is 11.5 Å². The molecule has 0 radical (unpaired) electrons. The van der Waals surface area contributed by atoms with Crippen LogP contribution in [0.5, 0.6) is 11.5 Å². The predicted molar refractivity (Wildman–Crippen MR) is 242 cm³/mol. The summed E-state index contributed by atoms with van der Waals surface area (Å²) in [5, 5.41) is 5.69. The molecule has 11 aromatic rings. The van der Waals surface area contributed by atoms with Crippen LogP contribution in [0.4, 0.5) is 17.1 Å².